The lowest BCUT2D eigenvalue weighted by Crippen LogP contribution is -2.22. The summed E-state index contributed by atoms with van der Waals surface area (Å²) < 4.78 is 1.59. The van der Waals surface area contributed by atoms with E-state index in [1.165, 1.54) is 11.8 Å². The van der Waals surface area contributed by atoms with Gasteiger partial charge < -0.3 is 5.21 Å². The van der Waals surface area contributed by atoms with E-state index in [4.69, 9.17) is 5.21 Å². The van der Waals surface area contributed by atoms with Crippen LogP contribution in [-0.2, 0) is 0 Å². The molecule has 1 heterocycles. The molecule has 0 bridgehead atoms. The lowest BCUT2D eigenvalue weighted by molar-refractivity contribution is 0.318. The van der Waals surface area contributed by atoms with Crippen LogP contribution in [0.4, 0.5) is 0 Å². The topological polar surface area (TPSA) is 67.5 Å². The molecule has 5 nitrogen and oxygen atoms in total. The molecule has 0 spiro atoms. The number of aromatic nitrogens is 2. The van der Waals surface area contributed by atoms with Crippen LogP contribution in [0.3, 0.4) is 0 Å². The van der Waals surface area contributed by atoms with Crippen LogP contribution in [-0.4, -0.2) is 26.2 Å². The zero-order chi connectivity index (χ0) is 16.2. The van der Waals surface area contributed by atoms with Crippen LogP contribution < -0.4 is 5.56 Å². The predicted molar refractivity (Wildman–Crippen MR) is 93.0 cm³/mol. The quantitative estimate of drug-likeness (QED) is 0.263. The number of hydrogen-bond donors (Lipinski definition) is 1. The van der Waals surface area contributed by atoms with Crippen LogP contribution in [0.2, 0.25) is 0 Å². The molecule has 0 amide bonds. The van der Waals surface area contributed by atoms with Crippen molar-refractivity contribution >= 4 is 28.4 Å². The zero-order valence-corrected chi connectivity index (χ0v) is 13.3. The van der Waals surface area contributed by atoms with Crippen molar-refractivity contribution in [3.8, 4) is 5.69 Å². The molecule has 23 heavy (non-hydrogen) atoms. The van der Waals surface area contributed by atoms with Gasteiger partial charge in [-0.1, -0.05) is 47.2 Å². The first-order valence-electron chi connectivity index (χ1n) is 7.08. The highest BCUT2D eigenvalue weighted by atomic mass is 32.2. The fraction of sp³-hybridized carbons (Fsp3) is 0.118. The first-order valence-corrected chi connectivity index (χ1v) is 8.07. The second-order valence-corrected chi connectivity index (χ2v) is 5.95. The van der Waals surface area contributed by atoms with Crippen molar-refractivity contribution in [3.63, 3.8) is 0 Å². The van der Waals surface area contributed by atoms with E-state index in [0.29, 0.717) is 27.5 Å². The number of benzene rings is 2. The zero-order valence-electron chi connectivity index (χ0n) is 12.5. The molecule has 6 heteroatoms. The molecule has 3 rings (SSSR count). The van der Waals surface area contributed by atoms with E-state index in [1.807, 2.05) is 48.5 Å². The van der Waals surface area contributed by atoms with Gasteiger partial charge in [-0.15, -0.1) is 0 Å². The average molecular weight is 325 g/mol. The maximum absolute atomic E-state index is 12.9. The van der Waals surface area contributed by atoms with Gasteiger partial charge in [0.1, 0.15) is 0 Å². The van der Waals surface area contributed by atoms with Gasteiger partial charge in [-0.2, -0.15) is 0 Å². The molecule has 0 aliphatic heterocycles. The third-order valence-electron chi connectivity index (χ3n) is 3.34. The fourth-order valence-corrected chi connectivity index (χ4v) is 3.09. The number of fused-ring (bicyclic) bond motifs is 1. The van der Waals surface area contributed by atoms with E-state index < -0.39 is 0 Å². The Bertz CT molecular complexity index is 920. The maximum Gasteiger partial charge on any atom is 0.266 e. The molecule has 2 aromatic carbocycles. The Balaban J connectivity index is 2.21. The summed E-state index contributed by atoms with van der Waals surface area (Å²) >= 11 is 1.36. The molecule has 0 unspecified atom stereocenters. The number of thioether (sulfide) groups is 1. The maximum atomic E-state index is 12.9. The van der Waals surface area contributed by atoms with Gasteiger partial charge in [-0.05, 0) is 31.2 Å². The SMILES string of the molecule is CC(CSc1nc2ccccc2c(=O)n1-c1ccccc1)=NO. The molecule has 1 N–H and O–H groups in total. The minimum absolute atomic E-state index is 0.108. The highest BCUT2D eigenvalue weighted by Gasteiger charge is 2.13. The Kier molecular flexibility index (Phi) is 4.43. The van der Waals surface area contributed by atoms with Crippen molar-refractivity contribution < 1.29 is 5.21 Å². The van der Waals surface area contributed by atoms with Crippen LogP contribution in [0.15, 0.2) is 69.7 Å². The number of para-hydroxylation sites is 2. The van der Waals surface area contributed by atoms with E-state index in [0.717, 1.165) is 5.69 Å². The van der Waals surface area contributed by atoms with E-state index in [9.17, 15) is 4.79 Å². The highest BCUT2D eigenvalue weighted by molar-refractivity contribution is 7.99. The van der Waals surface area contributed by atoms with Gasteiger partial charge >= 0.3 is 0 Å². The molecule has 3 aromatic rings. The van der Waals surface area contributed by atoms with E-state index in [2.05, 4.69) is 10.1 Å². The van der Waals surface area contributed by atoms with Crippen LogP contribution in [0.1, 0.15) is 6.92 Å². The van der Waals surface area contributed by atoms with Crippen LogP contribution in [0, 0.1) is 0 Å². The smallest absolute Gasteiger partial charge is 0.266 e. The Hall–Kier alpha value is -2.60. The van der Waals surface area contributed by atoms with Gasteiger partial charge in [0.25, 0.3) is 5.56 Å². The van der Waals surface area contributed by atoms with Crippen molar-refractivity contribution in [3.05, 3.63) is 65.0 Å². The second-order valence-electron chi connectivity index (χ2n) is 5.01. The fourth-order valence-electron chi connectivity index (χ4n) is 2.21. The lowest BCUT2D eigenvalue weighted by Gasteiger charge is -2.12. The summed E-state index contributed by atoms with van der Waals surface area (Å²) in [5, 5.41) is 13.1. The summed E-state index contributed by atoms with van der Waals surface area (Å²) in [4.78, 5) is 17.5. The molecule has 0 fully saturated rings. The van der Waals surface area contributed by atoms with Crippen molar-refractivity contribution in [1.82, 2.24) is 9.55 Å². The minimum atomic E-state index is -0.108. The number of rotatable bonds is 4. The predicted octanol–water partition coefficient (Wildman–Crippen LogP) is 3.33. The third kappa shape index (κ3) is 3.12. The number of hydrogen-bond acceptors (Lipinski definition) is 5. The molecule has 0 aliphatic rings. The first-order chi connectivity index (χ1) is 11.2. The molecule has 0 saturated heterocycles. The molecule has 1 aromatic heterocycles. The average Bonchev–Trinajstić information content (AvgIpc) is 2.60. The molecular formula is C17H15N3O2S. The first kappa shape index (κ1) is 15.3. The summed E-state index contributed by atoms with van der Waals surface area (Å²) in [7, 11) is 0. The van der Waals surface area contributed by atoms with Gasteiger partial charge in [-0.25, -0.2) is 4.98 Å². The summed E-state index contributed by atoms with van der Waals surface area (Å²) in [6, 6.07) is 16.7. The Morgan fingerprint density at radius 1 is 1.17 bits per heavy atom. The van der Waals surface area contributed by atoms with Gasteiger partial charge in [-0.3, -0.25) is 9.36 Å². The Morgan fingerprint density at radius 3 is 2.61 bits per heavy atom. The molecule has 0 atom stereocenters. The molecule has 0 aliphatic carbocycles. The second kappa shape index (κ2) is 6.66. The van der Waals surface area contributed by atoms with E-state index in [1.54, 1.807) is 17.6 Å². The monoisotopic (exact) mass is 325 g/mol. The van der Waals surface area contributed by atoms with Gasteiger partial charge in [0.05, 0.1) is 22.3 Å². The Morgan fingerprint density at radius 2 is 1.87 bits per heavy atom. The summed E-state index contributed by atoms with van der Waals surface area (Å²) in [5.74, 6) is 0.452. The number of nitrogens with zero attached hydrogens (tertiary/aromatic N) is 3. The van der Waals surface area contributed by atoms with Crippen molar-refractivity contribution in [2.75, 3.05) is 5.75 Å². The van der Waals surface area contributed by atoms with Crippen LogP contribution in [0.25, 0.3) is 16.6 Å². The molecule has 0 saturated carbocycles. The molecule has 0 radical (unpaired) electrons. The molecule has 116 valence electrons. The summed E-state index contributed by atoms with van der Waals surface area (Å²) in [6.07, 6.45) is 0. The van der Waals surface area contributed by atoms with Crippen molar-refractivity contribution in [2.24, 2.45) is 5.16 Å². The van der Waals surface area contributed by atoms with E-state index >= 15 is 0 Å². The Labute approximate surface area is 137 Å². The van der Waals surface area contributed by atoms with Crippen molar-refractivity contribution in [1.29, 1.82) is 0 Å². The van der Waals surface area contributed by atoms with Gasteiger partial charge in [0.15, 0.2) is 5.16 Å². The van der Waals surface area contributed by atoms with Crippen LogP contribution in [0.5, 0.6) is 0 Å². The van der Waals surface area contributed by atoms with Gasteiger partial charge in [0.2, 0.25) is 0 Å². The lowest BCUT2D eigenvalue weighted by atomic mass is 10.2. The van der Waals surface area contributed by atoms with E-state index in [-0.39, 0.29) is 5.56 Å². The number of oxime groups is 1. The largest absolute Gasteiger partial charge is 0.411 e. The van der Waals surface area contributed by atoms with Gasteiger partial charge in [0, 0.05) is 5.75 Å². The summed E-state index contributed by atoms with van der Waals surface area (Å²) in [5.41, 5.74) is 1.88. The van der Waals surface area contributed by atoms with Crippen molar-refractivity contribution in [2.45, 2.75) is 12.1 Å². The van der Waals surface area contributed by atoms with Crippen LogP contribution >= 0.6 is 11.8 Å². The highest BCUT2D eigenvalue weighted by Crippen LogP contribution is 2.21. The third-order valence-corrected chi connectivity index (χ3v) is 4.43. The standard InChI is InChI=1S/C17H15N3O2S/c1-12(19-22)11-23-17-18-15-10-6-5-9-14(15)16(21)20(17)13-7-3-2-4-8-13/h2-10,22H,11H2,1H3. The normalized spacial score (nSPS) is 11.8. The minimum Gasteiger partial charge on any atom is -0.411 e. The molecular weight excluding hydrogens is 310 g/mol. The summed E-state index contributed by atoms with van der Waals surface area (Å²) in [6.45, 7) is 1.72.